The average molecular weight is 185 g/mol. The van der Waals surface area contributed by atoms with Crippen LogP contribution in [0.25, 0.3) is 0 Å². The molecule has 78 valence electrons. The maximum absolute atomic E-state index is 5.60. The molecule has 0 radical (unpaired) electrons. The zero-order valence-electron chi connectivity index (χ0n) is 9.25. The molecule has 0 aromatic carbocycles. The molecule has 0 bridgehead atoms. The van der Waals surface area contributed by atoms with Crippen molar-refractivity contribution in [3.63, 3.8) is 0 Å². The van der Waals surface area contributed by atoms with Crippen LogP contribution >= 0.6 is 0 Å². The van der Waals surface area contributed by atoms with Crippen molar-refractivity contribution in [2.24, 2.45) is 5.92 Å². The van der Waals surface area contributed by atoms with E-state index < -0.39 is 0 Å². The molecule has 1 aliphatic heterocycles. The van der Waals surface area contributed by atoms with Crippen LogP contribution in [0.15, 0.2) is 0 Å². The van der Waals surface area contributed by atoms with Gasteiger partial charge in [0.1, 0.15) is 0 Å². The summed E-state index contributed by atoms with van der Waals surface area (Å²) in [6, 6.07) is 0. The number of nitrogens with zero attached hydrogens (tertiary/aromatic N) is 1. The van der Waals surface area contributed by atoms with Gasteiger partial charge in [0.15, 0.2) is 0 Å². The molecule has 1 aliphatic rings. The maximum Gasteiger partial charge on any atom is 0.0673 e. The second kappa shape index (κ2) is 5.61. The van der Waals surface area contributed by atoms with E-state index in [0.29, 0.717) is 6.10 Å². The summed E-state index contributed by atoms with van der Waals surface area (Å²) in [5.74, 6) is 0.819. The van der Waals surface area contributed by atoms with Crippen molar-refractivity contribution in [3.05, 3.63) is 0 Å². The van der Waals surface area contributed by atoms with E-state index in [1.807, 2.05) is 0 Å². The highest BCUT2D eigenvalue weighted by Crippen LogP contribution is 2.08. The van der Waals surface area contributed by atoms with Gasteiger partial charge >= 0.3 is 0 Å². The fraction of sp³-hybridized carbons (Fsp3) is 1.00. The zero-order chi connectivity index (χ0) is 9.68. The Bertz CT molecular complexity index is 136. The fourth-order valence-electron chi connectivity index (χ4n) is 1.72. The van der Waals surface area contributed by atoms with E-state index in [-0.39, 0.29) is 0 Å². The van der Waals surface area contributed by atoms with Gasteiger partial charge in [-0.25, -0.2) is 0 Å². The number of ether oxygens (including phenoxy) is 1. The van der Waals surface area contributed by atoms with E-state index >= 15 is 0 Å². The minimum atomic E-state index is 0.426. The molecule has 0 saturated carbocycles. The Hall–Kier alpha value is -0.0800. The smallest absolute Gasteiger partial charge is 0.0673 e. The predicted octanol–water partition coefficient (Wildman–Crippen LogP) is 2.14. The Kier molecular flexibility index (Phi) is 4.74. The van der Waals surface area contributed by atoms with Crippen molar-refractivity contribution in [1.29, 1.82) is 0 Å². The Morgan fingerprint density at radius 2 is 2.23 bits per heavy atom. The summed E-state index contributed by atoms with van der Waals surface area (Å²) >= 11 is 0. The van der Waals surface area contributed by atoms with E-state index in [9.17, 15) is 0 Å². The molecular weight excluding hydrogens is 162 g/mol. The Morgan fingerprint density at radius 1 is 1.46 bits per heavy atom. The second-order valence-electron chi connectivity index (χ2n) is 4.52. The van der Waals surface area contributed by atoms with E-state index in [0.717, 1.165) is 19.1 Å². The normalized spacial score (nSPS) is 26.3. The van der Waals surface area contributed by atoms with Crippen molar-refractivity contribution >= 4 is 0 Å². The molecule has 0 spiro atoms. The topological polar surface area (TPSA) is 12.5 Å². The lowest BCUT2D eigenvalue weighted by molar-refractivity contribution is 0.0672. The van der Waals surface area contributed by atoms with Crippen LogP contribution < -0.4 is 0 Å². The Morgan fingerprint density at radius 3 is 2.92 bits per heavy atom. The van der Waals surface area contributed by atoms with E-state index in [4.69, 9.17) is 4.74 Å². The van der Waals surface area contributed by atoms with Crippen LogP contribution in [0.4, 0.5) is 0 Å². The molecule has 0 aromatic heterocycles. The molecule has 0 N–H and O–H groups in total. The monoisotopic (exact) mass is 185 g/mol. The third kappa shape index (κ3) is 4.63. The van der Waals surface area contributed by atoms with Gasteiger partial charge < -0.3 is 9.64 Å². The fourth-order valence-corrected chi connectivity index (χ4v) is 1.72. The molecule has 1 rings (SSSR count). The summed E-state index contributed by atoms with van der Waals surface area (Å²) in [7, 11) is 0. The van der Waals surface area contributed by atoms with Gasteiger partial charge in [-0.2, -0.15) is 0 Å². The summed E-state index contributed by atoms with van der Waals surface area (Å²) in [4.78, 5) is 2.54. The molecule has 0 amide bonds. The number of hydrogen-bond donors (Lipinski definition) is 0. The highest BCUT2D eigenvalue weighted by molar-refractivity contribution is 4.67. The van der Waals surface area contributed by atoms with Crippen LogP contribution in [0, 0.1) is 5.92 Å². The van der Waals surface area contributed by atoms with Crippen molar-refractivity contribution in [2.45, 2.75) is 39.7 Å². The summed E-state index contributed by atoms with van der Waals surface area (Å²) in [6.45, 7) is 11.3. The average Bonchev–Trinajstić information content (AvgIpc) is 2.26. The quantitative estimate of drug-likeness (QED) is 0.668. The van der Waals surface area contributed by atoms with Crippen LogP contribution in [0.3, 0.4) is 0 Å². The van der Waals surface area contributed by atoms with Crippen molar-refractivity contribution in [2.75, 3.05) is 26.2 Å². The Balaban J connectivity index is 2.22. The SMILES string of the molecule is CC(C)CCN1CCCOC(C)C1. The van der Waals surface area contributed by atoms with Crippen LogP contribution in [0.1, 0.15) is 33.6 Å². The first-order valence-corrected chi connectivity index (χ1v) is 5.52. The first kappa shape index (κ1) is 11.0. The van der Waals surface area contributed by atoms with E-state index in [2.05, 4.69) is 25.7 Å². The zero-order valence-corrected chi connectivity index (χ0v) is 9.25. The molecule has 13 heavy (non-hydrogen) atoms. The number of rotatable bonds is 3. The lowest BCUT2D eigenvalue weighted by Crippen LogP contribution is -2.31. The minimum absolute atomic E-state index is 0.426. The van der Waals surface area contributed by atoms with Gasteiger partial charge in [-0.3, -0.25) is 0 Å². The molecule has 1 unspecified atom stereocenters. The summed E-state index contributed by atoms with van der Waals surface area (Å²) in [5, 5.41) is 0. The van der Waals surface area contributed by atoms with Crippen LogP contribution in [-0.4, -0.2) is 37.2 Å². The predicted molar refractivity (Wildman–Crippen MR) is 55.9 cm³/mol. The molecule has 2 heteroatoms. The van der Waals surface area contributed by atoms with E-state index in [1.54, 1.807) is 0 Å². The molecule has 0 aliphatic carbocycles. The molecular formula is C11H23NO. The third-order valence-electron chi connectivity index (χ3n) is 2.56. The third-order valence-corrected chi connectivity index (χ3v) is 2.56. The van der Waals surface area contributed by atoms with Gasteiger partial charge in [0.25, 0.3) is 0 Å². The Labute approximate surface area is 82.3 Å². The van der Waals surface area contributed by atoms with Crippen molar-refractivity contribution in [3.8, 4) is 0 Å². The standard InChI is InChI=1S/C11H23NO/c1-10(2)5-7-12-6-4-8-13-11(3)9-12/h10-11H,4-9H2,1-3H3. The van der Waals surface area contributed by atoms with Crippen molar-refractivity contribution in [1.82, 2.24) is 4.90 Å². The minimum Gasteiger partial charge on any atom is -0.377 e. The molecule has 2 nitrogen and oxygen atoms in total. The summed E-state index contributed by atoms with van der Waals surface area (Å²) in [6.07, 6.45) is 2.93. The highest BCUT2D eigenvalue weighted by Gasteiger charge is 2.14. The molecule has 0 aromatic rings. The maximum atomic E-state index is 5.60. The molecule has 1 saturated heterocycles. The van der Waals surface area contributed by atoms with Crippen LogP contribution in [0.2, 0.25) is 0 Å². The van der Waals surface area contributed by atoms with Gasteiger partial charge in [-0.15, -0.1) is 0 Å². The summed E-state index contributed by atoms with van der Waals surface area (Å²) < 4.78 is 5.60. The van der Waals surface area contributed by atoms with Crippen molar-refractivity contribution < 1.29 is 4.74 Å². The first-order valence-electron chi connectivity index (χ1n) is 5.52. The largest absolute Gasteiger partial charge is 0.377 e. The first-order chi connectivity index (χ1) is 6.18. The van der Waals surface area contributed by atoms with Gasteiger partial charge in [0.05, 0.1) is 6.10 Å². The van der Waals surface area contributed by atoms with Gasteiger partial charge in [0, 0.05) is 19.7 Å². The molecule has 1 atom stereocenters. The van der Waals surface area contributed by atoms with Gasteiger partial charge in [-0.05, 0) is 32.2 Å². The van der Waals surface area contributed by atoms with Gasteiger partial charge in [-0.1, -0.05) is 13.8 Å². The van der Waals surface area contributed by atoms with Crippen LogP contribution in [0.5, 0.6) is 0 Å². The van der Waals surface area contributed by atoms with Gasteiger partial charge in [0.2, 0.25) is 0 Å². The van der Waals surface area contributed by atoms with E-state index in [1.165, 1.54) is 25.9 Å². The second-order valence-corrected chi connectivity index (χ2v) is 4.52. The van der Waals surface area contributed by atoms with Crippen LogP contribution in [-0.2, 0) is 4.74 Å². The molecule has 1 heterocycles. The highest BCUT2D eigenvalue weighted by atomic mass is 16.5. The molecule has 1 fully saturated rings. The lowest BCUT2D eigenvalue weighted by Gasteiger charge is -2.22. The lowest BCUT2D eigenvalue weighted by atomic mass is 10.1. The summed E-state index contributed by atoms with van der Waals surface area (Å²) in [5.41, 5.74) is 0. The number of hydrogen-bond acceptors (Lipinski definition) is 2.